The lowest BCUT2D eigenvalue weighted by molar-refractivity contribution is 0.232. The fraction of sp³-hybridized carbons (Fsp3) is 0.316. The molecule has 2 rings (SSSR count). The van der Waals surface area contributed by atoms with Crippen LogP contribution in [0.15, 0.2) is 48.5 Å². The van der Waals surface area contributed by atoms with Crippen molar-refractivity contribution in [1.82, 2.24) is 10.6 Å². The zero-order valence-electron chi connectivity index (χ0n) is 14.7. The van der Waals surface area contributed by atoms with E-state index in [1.54, 1.807) is 26.4 Å². The largest absolute Gasteiger partial charge is 0.493 e. The summed E-state index contributed by atoms with van der Waals surface area (Å²) in [6.45, 7) is 2.62. The van der Waals surface area contributed by atoms with Gasteiger partial charge in [-0.3, -0.25) is 0 Å². The summed E-state index contributed by atoms with van der Waals surface area (Å²) >= 11 is 0. The highest BCUT2D eigenvalue weighted by Gasteiger charge is 2.11. The van der Waals surface area contributed by atoms with Gasteiger partial charge in [-0.25, -0.2) is 4.79 Å². The molecule has 0 bridgehead atoms. The molecule has 0 spiro atoms. The van der Waals surface area contributed by atoms with Crippen LogP contribution in [-0.4, -0.2) is 33.4 Å². The van der Waals surface area contributed by atoms with Gasteiger partial charge in [0.15, 0.2) is 11.5 Å². The predicted octanol–water partition coefficient (Wildman–Crippen LogP) is 3.14. The van der Waals surface area contributed by atoms with Crippen molar-refractivity contribution in [2.24, 2.45) is 0 Å². The van der Waals surface area contributed by atoms with E-state index in [0.29, 0.717) is 30.4 Å². The van der Waals surface area contributed by atoms with Crippen molar-refractivity contribution in [3.8, 4) is 17.2 Å². The van der Waals surface area contributed by atoms with Crippen LogP contribution in [0.3, 0.4) is 0 Å². The van der Waals surface area contributed by atoms with Crippen LogP contribution in [0, 0.1) is 0 Å². The van der Waals surface area contributed by atoms with Crippen LogP contribution in [0.5, 0.6) is 17.2 Å². The molecular formula is C19H24N2O4. The third kappa shape index (κ3) is 5.31. The fourth-order valence-electron chi connectivity index (χ4n) is 2.37. The van der Waals surface area contributed by atoms with Gasteiger partial charge in [0.25, 0.3) is 0 Å². The zero-order chi connectivity index (χ0) is 18.1. The predicted molar refractivity (Wildman–Crippen MR) is 96.4 cm³/mol. The van der Waals surface area contributed by atoms with Crippen molar-refractivity contribution in [2.75, 3.05) is 27.4 Å². The van der Waals surface area contributed by atoms with Crippen molar-refractivity contribution < 1.29 is 19.0 Å². The number of urea groups is 1. The molecule has 0 aliphatic rings. The quantitative estimate of drug-likeness (QED) is 0.722. The first kappa shape index (κ1) is 18.4. The highest BCUT2D eigenvalue weighted by Crippen LogP contribution is 2.36. The average molecular weight is 344 g/mol. The number of ether oxygens (including phenoxy) is 3. The molecule has 0 aliphatic heterocycles. The number of nitrogens with one attached hydrogen (secondary N) is 2. The van der Waals surface area contributed by atoms with Crippen LogP contribution in [-0.2, 0) is 0 Å². The first-order chi connectivity index (χ1) is 12.2. The number of benzene rings is 2. The number of hydrogen-bond donors (Lipinski definition) is 2. The van der Waals surface area contributed by atoms with Crippen molar-refractivity contribution >= 4 is 6.03 Å². The number of para-hydroxylation sites is 1. The van der Waals surface area contributed by atoms with Gasteiger partial charge in [-0.2, -0.15) is 0 Å². The minimum absolute atomic E-state index is 0.0689. The molecule has 0 saturated heterocycles. The Morgan fingerprint density at radius 1 is 1.00 bits per heavy atom. The molecule has 2 aromatic rings. The average Bonchev–Trinajstić information content (AvgIpc) is 2.65. The van der Waals surface area contributed by atoms with E-state index in [2.05, 4.69) is 10.6 Å². The molecule has 6 heteroatoms. The van der Waals surface area contributed by atoms with Gasteiger partial charge in [0, 0.05) is 0 Å². The molecule has 0 aliphatic carbocycles. The second-order valence-corrected chi connectivity index (χ2v) is 5.37. The Morgan fingerprint density at radius 2 is 1.72 bits per heavy atom. The van der Waals surface area contributed by atoms with E-state index in [1.807, 2.05) is 43.3 Å². The highest BCUT2D eigenvalue weighted by atomic mass is 16.5. The van der Waals surface area contributed by atoms with Gasteiger partial charge in [-0.05, 0) is 24.6 Å². The number of amides is 2. The molecular weight excluding hydrogens is 320 g/mol. The fourth-order valence-corrected chi connectivity index (χ4v) is 2.37. The summed E-state index contributed by atoms with van der Waals surface area (Å²) in [5.74, 6) is 1.70. The van der Waals surface area contributed by atoms with E-state index in [4.69, 9.17) is 14.2 Å². The maximum Gasteiger partial charge on any atom is 0.315 e. The Labute approximate surface area is 148 Å². The molecule has 2 N–H and O–H groups in total. The molecule has 2 amide bonds. The number of carbonyl (C=O) groups excluding carboxylic acids is 1. The zero-order valence-corrected chi connectivity index (χ0v) is 14.7. The third-order valence-corrected chi connectivity index (χ3v) is 3.66. The van der Waals surface area contributed by atoms with Gasteiger partial charge >= 0.3 is 6.03 Å². The first-order valence-corrected chi connectivity index (χ1v) is 8.08. The Bertz CT molecular complexity index is 676. The molecule has 0 radical (unpaired) electrons. The molecule has 6 nitrogen and oxygen atoms in total. The smallest absolute Gasteiger partial charge is 0.315 e. The summed E-state index contributed by atoms with van der Waals surface area (Å²) in [5.41, 5.74) is 1.05. The Kier molecular flexibility index (Phi) is 6.95. The van der Waals surface area contributed by atoms with Crippen molar-refractivity contribution in [3.63, 3.8) is 0 Å². The van der Waals surface area contributed by atoms with Crippen LogP contribution >= 0.6 is 0 Å². The van der Waals surface area contributed by atoms with E-state index >= 15 is 0 Å². The Morgan fingerprint density at radius 3 is 2.40 bits per heavy atom. The minimum atomic E-state index is -0.238. The van der Waals surface area contributed by atoms with Gasteiger partial charge in [-0.1, -0.05) is 36.4 Å². The molecule has 0 saturated carbocycles. The molecule has 1 atom stereocenters. The van der Waals surface area contributed by atoms with Gasteiger partial charge < -0.3 is 24.8 Å². The van der Waals surface area contributed by atoms with Crippen LogP contribution in [0.25, 0.3) is 0 Å². The summed E-state index contributed by atoms with van der Waals surface area (Å²) in [6, 6.07) is 14.9. The minimum Gasteiger partial charge on any atom is -0.493 e. The van der Waals surface area contributed by atoms with E-state index in [0.717, 1.165) is 5.56 Å². The molecule has 2 aromatic carbocycles. The van der Waals surface area contributed by atoms with Crippen LogP contribution in [0.2, 0.25) is 0 Å². The lowest BCUT2D eigenvalue weighted by Crippen LogP contribution is -2.38. The highest BCUT2D eigenvalue weighted by molar-refractivity contribution is 5.74. The second-order valence-electron chi connectivity index (χ2n) is 5.37. The number of methoxy groups -OCH3 is 2. The SMILES string of the molecule is COc1cccc(OCCNC(=O)NC(C)c2ccccc2)c1OC. The van der Waals surface area contributed by atoms with Crippen molar-refractivity contribution in [3.05, 3.63) is 54.1 Å². The van der Waals surface area contributed by atoms with E-state index in [9.17, 15) is 4.79 Å². The summed E-state index contributed by atoms with van der Waals surface area (Å²) in [7, 11) is 3.13. The van der Waals surface area contributed by atoms with E-state index < -0.39 is 0 Å². The monoisotopic (exact) mass is 344 g/mol. The normalized spacial score (nSPS) is 11.3. The standard InChI is InChI=1S/C19H24N2O4/c1-14(15-8-5-4-6-9-15)21-19(22)20-12-13-25-17-11-7-10-16(23-2)18(17)24-3/h4-11,14H,12-13H2,1-3H3,(H2,20,21,22). The lowest BCUT2D eigenvalue weighted by atomic mass is 10.1. The van der Waals surface area contributed by atoms with Crippen molar-refractivity contribution in [1.29, 1.82) is 0 Å². The number of carbonyl (C=O) groups is 1. The Hall–Kier alpha value is -2.89. The summed E-state index contributed by atoms with van der Waals surface area (Å²) in [4.78, 5) is 11.9. The van der Waals surface area contributed by atoms with Gasteiger partial charge in [0.05, 0.1) is 26.8 Å². The maximum absolute atomic E-state index is 11.9. The molecule has 134 valence electrons. The van der Waals surface area contributed by atoms with Crippen LogP contribution in [0.1, 0.15) is 18.5 Å². The summed E-state index contributed by atoms with van der Waals surface area (Å²) < 4.78 is 16.2. The summed E-state index contributed by atoms with van der Waals surface area (Å²) in [5, 5.41) is 5.66. The van der Waals surface area contributed by atoms with Gasteiger partial charge in [-0.15, -0.1) is 0 Å². The lowest BCUT2D eigenvalue weighted by Gasteiger charge is -2.16. The first-order valence-electron chi connectivity index (χ1n) is 8.08. The summed E-state index contributed by atoms with van der Waals surface area (Å²) in [6.07, 6.45) is 0. The van der Waals surface area contributed by atoms with Crippen LogP contribution in [0.4, 0.5) is 4.79 Å². The molecule has 1 unspecified atom stereocenters. The van der Waals surface area contributed by atoms with E-state index in [1.165, 1.54) is 0 Å². The van der Waals surface area contributed by atoms with E-state index in [-0.39, 0.29) is 12.1 Å². The number of hydrogen-bond acceptors (Lipinski definition) is 4. The van der Waals surface area contributed by atoms with Gasteiger partial charge in [0.2, 0.25) is 5.75 Å². The Balaban J connectivity index is 1.77. The topological polar surface area (TPSA) is 68.8 Å². The van der Waals surface area contributed by atoms with Crippen molar-refractivity contribution in [2.45, 2.75) is 13.0 Å². The number of rotatable bonds is 8. The molecule has 0 fully saturated rings. The van der Waals surface area contributed by atoms with Crippen LogP contribution < -0.4 is 24.8 Å². The molecule has 0 heterocycles. The maximum atomic E-state index is 11.9. The third-order valence-electron chi connectivity index (χ3n) is 3.66. The second kappa shape index (κ2) is 9.42. The molecule has 25 heavy (non-hydrogen) atoms. The van der Waals surface area contributed by atoms with Gasteiger partial charge in [0.1, 0.15) is 6.61 Å². The molecule has 0 aromatic heterocycles.